The first-order valence-electron chi connectivity index (χ1n) is 6.41. The maximum absolute atomic E-state index is 11.6. The zero-order valence-electron chi connectivity index (χ0n) is 13.1. The van der Waals surface area contributed by atoms with Gasteiger partial charge in [-0.1, -0.05) is 13.8 Å². The Balaban J connectivity index is 0. The molecule has 0 aliphatic carbocycles. The van der Waals surface area contributed by atoms with E-state index < -0.39 is 17.7 Å². The molecule has 0 aliphatic rings. The lowest BCUT2D eigenvalue weighted by Gasteiger charge is -2.19. The minimum atomic E-state index is -0.592. The molecule has 0 atom stereocenters. The van der Waals surface area contributed by atoms with Gasteiger partial charge in [-0.25, -0.2) is 9.59 Å². The molecule has 0 fully saturated rings. The Labute approximate surface area is 125 Å². The number of ether oxygens (including phenoxy) is 2. The summed E-state index contributed by atoms with van der Waals surface area (Å²) in [7, 11) is 1.30. The van der Waals surface area contributed by atoms with Gasteiger partial charge in [0.15, 0.2) is 0 Å². The summed E-state index contributed by atoms with van der Waals surface area (Å²) in [6.07, 6.45) is -0.592. The van der Waals surface area contributed by atoms with Gasteiger partial charge < -0.3 is 9.47 Å². The zero-order valence-corrected chi connectivity index (χ0v) is 13.9. The summed E-state index contributed by atoms with van der Waals surface area (Å²) < 4.78 is 9.77. The van der Waals surface area contributed by atoms with Crippen LogP contribution in [0.3, 0.4) is 0 Å². The summed E-state index contributed by atoms with van der Waals surface area (Å²) in [5.74, 6) is -0.473. The number of carbonyl (C=O) groups is 2. The van der Waals surface area contributed by atoms with Gasteiger partial charge in [0.2, 0.25) is 0 Å². The van der Waals surface area contributed by atoms with E-state index in [4.69, 9.17) is 4.74 Å². The van der Waals surface area contributed by atoms with Crippen LogP contribution in [0.4, 0.5) is 10.5 Å². The minimum absolute atomic E-state index is 0. The number of hydrogen-bond acceptors (Lipinski definition) is 5. The van der Waals surface area contributed by atoms with Gasteiger partial charge in [-0.15, -0.1) is 11.3 Å². The predicted octanol–water partition coefficient (Wildman–Crippen LogP) is 4.46. The summed E-state index contributed by atoms with van der Waals surface area (Å²) in [6, 6.07) is 1.71. The molecule has 0 aromatic carbocycles. The fraction of sp³-hybridized carbons (Fsp3) is 0.571. The van der Waals surface area contributed by atoms with Crippen molar-refractivity contribution in [2.75, 3.05) is 12.4 Å². The average molecular weight is 303 g/mol. The van der Waals surface area contributed by atoms with E-state index in [1.165, 1.54) is 18.4 Å². The van der Waals surface area contributed by atoms with Crippen LogP contribution >= 0.6 is 11.3 Å². The molecule has 5 nitrogen and oxygen atoms in total. The molecule has 0 unspecified atom stereocenters. The Kier molecular flexibility index (Phi) is 7.28. The average Bonchev–Trinajstić information content (AvgIpc) is 2.69. The Hall–Kier alpha value is -1.56. The molecule has 0 saturated heterocycles. The van der Waals surface area contributed by atoms with E-state index >= 15 is 0 Å². The number of anilines is 1. The van der Waals surface area contributed by atoms with Crippen molar-refractivity contribution in [1.29, 1.82) is 0 Å². The minimum Gasteiger partial charge on any atom is -0.465 e. The number of carbonyl (C=O) groups excluding carboxylic acids is 2. The number of aryl methyl sites for hydroxylation is 1. The van der Waals surface area contributed by atoms with E-state index in [-0.39, 0.29) is 1.43 Å². The second-order valence-corrected chi connectivity index (χ2v) is 5.97. The summed E-state index contributed by atoms with van der Waals surface area (Å²) >= 11 is 1.26. The molecule has 0 saturated carbocycles. The van der Waals surface area contributed by atoms with Crippen LogP contribution < -0.4 is 5.32 Å². The molecule has 1 heterocycles. The highest BCUT2D eigenvalue weighted by atomic mass is 32.1. The maximum atomic E-state index is 11.6. The van der Waals surface area contributed by atoms with Crippen molar-refractivity contribution in [2.24, 2.45) is 0 Å². The number of amides is 1. The third-order valence-electron chi connectivity index (χ3n) is 1.86. The van der Waals surface area contributed by atoms with Crippen molar-refractivity contribution in [3.63, 3.8) is 0 Å². The molecule has 1 N–H and O–H groups in total. The van der Waals surface area contributed by atoms with Crippen molar-refractivity contribution in [3.8, 4) is 0 Å². The molecule has 1 rings (SSSR count). The van der Waals surface area contributed by atoms with Crippen LogP contribution in [0, 0.1) is 6.92 Å². The quantitative estimate of drug-likeness (QED) is 0.819. The van der Waals surface area contributed by atoms with Gasteiger partial charge in [-0.2, -0.15) is 0 Å². The lowest BCUT2D eigenvalue weighted by atomic mass is 10.2. The number of esters is 1. The van der Waals surface area contributed by atoms with E-state index in [1.807, 2.05) is 20.8 Å². The second kappa shape index (κ2) is 7.89. The molecule has 116 valence electrons. The monoisotopic (exact) mass is 303 g/mol. The van der Waals surface area contributed by atoms with E-state index in [2.05, 4.69) is 10.1 Å². The van der Waals surface area contributed by atoms with Crippen molar-refractivity contribution in [1.82, 2.24) is 0 Å². The number of rotatable bonds is 2. The highest BCUT2D eigenvalue weighted by molar-refractivity contribution is 7.14. The molecule has 1 aromatic heterocycles. The molecule has 1 aromatic rings. The fourth-order valence-electron chi connectivity index (χ4n) is 1.26. The van der Waals surface area contributed by atoms with Gasteiger partial charge >= 0.3 is 12.1 Å². The molecular formula is C14H25NO4S. The smallest absolute Gasteiger partial charge is 0.412 e. The van der Waals surface area contributed by atoms with E-state index in [0.717, 1.165) is 4.88 Å². The Morgan fingerprint density at radius 1 is 1.30 bits per heavy atom. The largest absolute Gasteiger partial charge is 0.465 e. The lowest BCUT2D eigenvalue weighted by Crippen LogP contribution is -2.27. The van der Waals surface area contributed by atoms with Gasteiger partial charge in [-0.05, 0) is 33.8 Å². The Morgan fingerprint density at radius 2 is 1.85 bits per heavy atom. The van der Waals surface area contributed by atoms with Gasteiger partial charge in [0.05, 0.1) is 12.8 Å². The lowest BCUT2D eigenvalue weighted by molar-refractivity contribution is 0.0607. The molecule has 0 aliphatic heterocycles. The van der Waals surface area contributed by atoms with Crippen LogP contribution in [-0.4, -0.2) is 24.8 Å². The van der Waals surface area contributed by atoms with Crippen LogP contribution in [0.5, 0.6) is 0 Å². The first-order valence-corrected chi connectivity index (χ1v) is 7.23. The number of thiophene rings is 1. The third kappa shape index (κ3) is 6.06. The first-order chi connectivity index (χ1) is 9.23. The van der Waals surface area contributed by atoms with Crippen molar-refractivity contribution >= 4 is 29.1 Å². The molecule has 0 bridgehead atoms. The van der Waals surface area contributed by atoms with Gasteiger partial charge in [0.25, 0.3) is 0 Å². The van der Waals surface area contributed by atoms with Crippen molar-refractivity contribution < 1.29 is 20.5 Å². The van der Waals surface area contributed by atoms with E-state index in [9.17, 15) is 9.59 Å². The van der Waals surface area contributed by atoms with E-state index in [0.29, 0.717) is 10.6 Å². The maximum Gasteiger partial charge on any atom is 0.412 e. The second-order valence-electron chi connectivity index (χ2n) is 4.72. The summed E-state index contributed by atoms with van der Waals surface area (Å²) in [5, 5.41) is 2.55. The van der Waals surface area contributed by atoms with Crippen LogP contribution in [0.15, 0.2) is 6.07 Å². The summed E-state index contributed by atoms with van der Waals surface area (Å²) in [4.78, 5) is 24.4. The SMILES string of the molecule is CC.COC(=O)c1sc(C)cc1NC(=O)OC(C)(C)C.[HH]. The van der Waals surface area contributed by atoms with Crippen LogP contribution in [0.1, 0.15) is 50.6 Å². The first kappa shape index (κ1) is 18.4. The van der Waals surface area contributed by atoms with E-state index in [1.54, 1.807) is 26.8 Å². The van der Waals surface area contributed by atoms with Gasteiger partial charge in [0, 0.05) is 6.30 Å². The summed E-state index contributed by atoms with van der Waals surface area (Å²) in [6.45, 7) is 11.2. The zero-order chi connectivity index (χ0) is 15.9. The predicted molar refractivity (Wildman–Crippen MR) is 83.7 cm³/mol. The molecule has 20 heavy (non-hydrogen) atoms. The molecule has 0 radical (unpaired) electrons. The van der Waals surface area contributed by atoms with Crippen molar-refractivity contribution in [3.05, 3.63) is 15.8 Å². The normalized spacial score (nSPS) is 10.2. The van der Waals surface area contributed by atoms with Crippen LogP contribution in [0.25, 0.3) is 0 Å². The van der Waals surface area contributed by atoms with Crippen LogP contribution in [0.2, 0.25) is 0 Å². The van der Waals surface area contributed by atoms with Crippen molar-refractivity contribution in [2.45, 2.75) is 47.1 Å². The van der Waals surface area contributed by atoms with Gasteiger partial charge in [0.1, 0.15) is 10.5 Å². The molecule has 0 spiro atoms. The third-order valence-corrected chi connectivity index (χ3v) is 2.89. The number of methoxy groups -OCH3 is 1. The summed E-state index contributed by atoms with van der Waals surface area (Å²) in [5.41, 5.74) is -0.167. The molecule has 6 heteroatoms. The van der Waals surface area contributed by atoms with Crippen LogP contribution in [-0.2, 0) is 9.47 Å². The number of hydrogen-bond donors (Lipinski definition) is 1. The number of nitrogens with one attached hydrogen (secondary N) is 1. The fourth-order valence-corrected chi connectivity index (χ4v) is 2.15. The van der Waals surface area contributed by atoms with Gasteiger partial charge in [-0.3, -0.25) is 5.32 Å². The molecule has 1 amide bonds. The Morgan fingerprint density at radius 3 is 2.30 bits per heavy atom. The highest BCUT2D eigenvalue weighted by Gasteiger charge is 2.21. The Bertz CT molecular complexity index is 466. The topological polar surface area (TPSA) is 64.6 Å². The molecular weight excluding hydrogens is 278 g/mol. The highest BCUT2D eigenvalue weighted by Crippen LogP contribution is 2.27. The standard InChI is InChI=1S/C12H17NO4S.C2H6.H2/c1-7-6-8(9(18-7)10(14)16-5)13-11(15)17-12(2,3)4;1-2;/h6H,1-5H3,(H,13,15);1-2H3;1H.